The van der Waals surface area contributed by atoms with E-state index in [2.05, 4.69) is 9.88 Å². The SMILES string of the molecule is CN(C1CCN(c2ccnc(C(N)=O)c2)CC1)S(C)(=O)=O. The lowest BCUT2D eigenvalue weighted by Gasteiger charge is -2.36. The van der Waals surface area contributed by atoms with E-state index in [1.165, 1.54) is 10.6 Å². The Kier molecular flexibility index (Phi) is 4.48. The summed E-state index contributed by atoms with van der Waals surface area (Å²) >= 11 is 0. The van der Waals surface area contributed by atoms with Crippen LogP contribution in [0.3, 0.4) is 0 Å². The minimum absolute atomic E-state index is 0.0219. The summed E-state index contributed by atoms with van der Waals surface area (Å²) in [4.78, 5) is 17.2. The maximum absolute atomic E-state index is 11.6. The van der Waals surface area contributed by atoms with Crippen LogP contribution < -0.4 is 10.6 Å². The molecule has 0 saturated carbocycles. The van der Waals surface area contributed by atoms with Gasteiger partial charge in [0.25, 0.3) is 5.91 Å². The third-order valence-corrected chi connectivity index (χ3v) is 5.21. The molecule has 21 heavy (non-hydrogen) atoms. The van der Waals surface area contributed by atoms with Gasteiger partial charge in [0.2, 0.25) is 10.0 Å². The number of sulfonamides is 1. The highest BCUT2D eigenvalue weighted by molar-refractivity contribution is 7.88. The van der Waals surface area contributed by atoms with Gasteiger partial charge in [-0.2, -0.15) is 0 Å². The molecule has 2 rings (SSSR count). The molecule has 2 N–H and O–H groups in total. The number of rotatable bonds is 4. The van der Waals surface area contributed by atoms with Gasteiger partial charge in [-0.05, 0) is 25.0 Å². The van der Waals surface area contributed by atoms with E-state index in [9.17, 15) is 13.2 Å². The van der Waals surface area contributed by atoms with Crippen LogP contribution in [0.1, 0.15) is 23.3 Å². The molecule has 1 aromatic heterocycles. The molecule has 1 amide bonds. The highest BCUT2D eigenvalue weighted by Crippen LogP contribution is 2.23. The van der Waals surface area contributed by atoms with E-state index in [4.69, 9.17) is 5.73 Å². The van der Waals surface area contributed by atoms with Gasteiger partial charge in [0.15, 0.2) is 0 Å². The molecule has 0 spiro atoms. The Bertz CT molecular complexity index is 624. The first-order valence-corrected chi connectivity index (χ1v) is 8.57. The molecule has 1 aliphatic rings. The van der Waals surface area contributed by atoms with Gasteiger partial charge in [0.05, 0.1) is 6.26 Å². The van der Waals surface area contributed by atoms with Crippen molar-refractivity contribution in [3.8, 4) is 0 Å². The number of pyridine rings is 1. The van der Waals surface area contributed by atoms with Crippen molar-refractivity contribution in [3.05, 3.63) is 24.0 Å². The first-order chi connectivity index (χ1) is 9.79. The highest BCUT2D eigenvalue weighted by atomic mass is 32.2. The molecule has 0 radical (unpaired) electrons. The molecule has 1 fully saturated rings. The van der Waals surface area contributed by atoms with Gasteiger partial charge in [-0.3, -0.25) is 9.78 Å². The first-order valence-electron chi connectivity index (χ1n) is 6.73. The lowest BCUT2D eigenvalue weighted by molar-refractivity contribution is 0.0995. The van der Waals surface area contributed by atoms with Crippen molar-refractivity contribution in [2.24, 2.45) is 5.73 Å². The predicted octanol–water partition coefficient (Wildman–Crippen LogP) is 0.0407. The minimum atomic E-state index is -3.16. The summed E-state index contributed by atoms with van der Waals surface area (Å²) < 4.78 is 24.5. The minimum Gasteiger partial charge on any atom is -0.371 e. The van der Waals surface area contributed by atoms with Crippen LogP contribution in [0.4, 0.5) is 5.69 Å². The number of piperidine rings is 1. The van der Waals surface area contributed by atoms with Crippen LogP contribution in [-0.4, -0.2) is 56.0 Å². The molecule has 1 saturated heterocycles. The average molecular weight is 312 g/mol. The number of hydrogen-bond acceptors (Lipinski definition) is 5. The summed E-state index contributed by atoms with van der Waals surface area (Å²) in [7, 11) is -1.54. The molecule has 0 bridgehead atoms. The predicted molar refractivity (Wildman–Crippen MR) is 80.6 cm³/mol. The molecule has 1 aromatic rings. The largest absolute Gasteiger partial charge is 0.371 e. The van der Waals surface area contributed by atoms with E-state index in [1.807, 2.05) is 6.07 Å². The van der Waals surface area contributed by atoms with E-state index in [-0.39, 0.29) is 11.7 Å². The van der Waals surface area contributed by atoms with Gasteiger partial charge in [-0.1, -0.05) is 0 Å². The van der Waals surface area contributed by atoms with Crippen LogP contribution in [0.5, 0.6) is 0 Å². The Morgan fingerprint density at radius 3 is 2.57 bits per heavy atom. The Balaban J connectivity index is 2.04. The first kappa shape index (κ1) is 15.7. The molecule has 0 aliphatic carbocycles. The van der Waals surface area contributed by atoms with Crippen molar-refractivity contribution in [1.82, 2.24) is 9.29 Å². The van der Waals surface area contributed by atoms with Gasteiger partial charge >= 0.3 is 0 Å². The Morgan fingerprint density at radius 1 is 1.43 bits per heavy atom. The van der Waals surface area contributed by atoms with Crippen LogP contribution >= 0.6 is 0 Å². The monoisotopic (exact) mass is 312 g/mol. The lowest BCUT2D eigenvalue weighted by Crippen LogP contribution is -2.45. The van der Waals surface area contributed by atoms with Gasteiger partial charge in [-0.25, -0.2) is 12.7 Å². The molecule has 1 aliphatic heterocycles. The molecular formula is C13H20N4O3S. The standard InChI is InChI=1S/C13H20N4O3S/c1-16(21(2,19)20)10-4-7-17(8-5-10)11-3-6-15-12(9-11)13(14)18/h3,6,9-10H,4-5,7-8H2,1-2H3,(H2,14,18). The maximum atomic E-state index is 11.6. The van der Waals surface area contributed by atoms with E-state index in [1.54, 1.807) is 19.3 Å². The number of hydrogen-bond donors (Lipinski definition) is 1. The molecule has 0 aromatic carbocycles. The van der Waals surface area contributed by atoms with E-state index >= 15 is 0 Å². The summed E-state index contributed by atoms with van der Waals surface area (Å²) in [5.74, 6) is -0.552. The molecule has 0 unspecified atom stereocenters. The fraction of sp³-hybridized carbons (Fsp3) is 0.538. The molecule has 8 heteroatoms. The Morgan fingerprint density at radius 2 is 2.05 bits per heavy atom. The molecule has 7 nitrogen and oxygen atoms in total. The second kappa shape index (κ2) is 5.98. The van der Waals surface area contributed by atoms with Crippen LogP contribution in [-0.2, 0) is 10.0 Å². The number of carbonyl (C=O) groups is 1. The van der Waals surface area contributed by atoms with Gasteiger partial charge in [0.1, 0.15) is 5.69 Å². The summed E-state index contributed by atoms with van der Waals surface area (Å²) in [6.07, 6.45) is 4.28. The van der Waals surface area contributed by atoms with Crippen molar-refractivity contribution in [2.45, 2.75) is 18.9 Å². The third-order valence-electron chi connectivity index (χ3n) is 3.86. The number of nitrogens with zero attached hydrogens (tertiary/aromatic N) is 3. The van der Waals surface area contributed by atoms with Crippen molar-refractivity contribution in [2.75, 3.05) is 31.3 Å². The fourth-order valence-corrected chi connectivity index (χ4v) is 3.26. The number of aromatic nitrogens is 1. The van der Waals surface area contributed by atoms with Gasteiger partial charge in [0, 0.05) is 38.1 Å². The van der Waals surface area contributed by atoms with Crippen LogP contribution in [0.2, 0.25) is 0 Å². The quantitative estimate of drug-likeness (QED) is 0.847. The maximum Gasteiger partial charge on any atom is 0.267 e. The number of nitrogens with two attached hydrogens (primary N) is 1. The summed E-state index contributed by atoms with van der Waals surface area (Å²) in [6.45, 7) is 1.46. The van der Waals surface area contributed by atoms with E-state index in [0.717, 1.165) is 31.6 Å². The van der Waals surface area contributed by atoms with Crippen molar-refractivity contribution < 1.29 is 13.2 Å². The van der Waals surface area contributed by atoms with E-state index < -0.39 is 15.9 Å². The summed E-state index contributed by atoms with van der Waals surface area (Å²) in [6, 6.07) is 3.52. The van der Waals surface area contributed by atoms with Crippen LogP contribution in [0.15, 0.2) is 18.3 Å². The third kappa shape index (κ3) is 3.70. The van der Waals surface area contributed by atoms with Crippen LogP contribution in [0, 0.1) is 0 Å². The van der Waals surface area contributed by atoms with E-state index in [0.29, 0.717) is 0 Å². The normalized spacial score (nSPS) is 17.2. The number of primary amides is 1. The molecular weight excluding hydrogens is 292 g/mol. The van der Waals surface area contributed by atoms with Crippen molar-refractivity contribution >= 4 is 21.6 Å². The second-order valence-electron chi connectivity index (χ2n) is 5.26. The second-order valence-corrected chi connectivity index (χ2v) is 7.30. The average Bonchev–Trinajstić information content (AvgIpc) is 2.46. The Labute approximate surface area is 124 Å². The summed E-state index contributed by atoms with van der Waals surface area (Å²) in [5.41, 5.74) is 6.36. The van der Waals surface area contributed by atoms with Crippen LogP contribution in [0.25, 0.3) is 0 Å². The van der Waals surface area contributed by atoms with Gasteiger partial charge in [-0.15, -0.1) is 0 Å². The Hall–Kier alpha value is -1.67. The molecule has 0 atom stereocenters. The fourth-order valence-electron chi connectivity index (χ4n) is 2.51. The van der Waals surface area contributed by atoms with Crippen molar-refractivity contribution in [1.29, 1.82) is 0 Å². The molecule has 116 valence electrons. The number of amides is 1. The van der Waals surface area contributed by atoms with Gasteiger partial charge < -0.3 is 10.6 Å². The summed E-state index contributed by atoms with van der Waals surface area (Å²) in [5, 5.41) is 0. The highest BCUT2D eigenvalue weighted by Gasteiger charge is 2.27. The van der Waals surface area contributed by atoms with Crippen molar-refractivity contribution in [3.63, 3.8) is 0 Å². The smallest absolute Gasteiger partial charge is 0.267 e. The molecule has 2 heterocycles. The topological polar surface area (TPSA) is 96.6 Å². The number of carbonyl (C=O) groups excluding carboxylic acids is 1. The zero-order valence-corrected chi connectivity index (χ0v) is 13.0. The zero-order chi connectivity index (χ0) is 15.6. The number of anilines is 1. The zero-order valence-electron chi connectivity index (χ0n) is 12.2. The lowest BCUT2D eigenvalue weighted by atomic mass is 10.0.